The minimum Gasteiger partial charge on any atom is -0.261 e. The van der Waals surface area contributed by atoms with E-state index < -0.39 is 0 Å². The minimum absolute atomic E-state index is 0.479. The van der Waals surface area contributed by atoms with Gasteiger partial charge in [-0.25, -0.2) is 0 Å². The summed E-state index contributed by atoms with van der Waals surface area (Å²) in [6.07, 6.45) is 1.58. The molecule has 10 heavy (non-hydrogen) atoms. The smallest absolute Gasteiger partial charge is 0.114 e. The van der Waals surface area contributed by atoms with Crippen LogP contribution < -0.4 is 0 Å². The molecule has 1 rings (SSSR count). The maximum absolute atomic E-state index is 10.1. The average molecular weight is 136 g/mol. The Morgan fingerprint density at radius 3 is 2.70 bits per heavy atom. The summed E-state index contributed by atoms with van der Waals surface area (Å²) >= 11 is 0. The maximum atomic E-state index is 10.1. The van der Waals surface area contributed by atoms with Gasteiger partial charge in [0.25, 0.3) is 0 Å². The normalized spacial score (nSPS) is 9.40. The van der Waals surface area contributed by atoms with Crippen molar-refractivity contribution in [1.82, 2.24) is 4.98 Å². The predicted octanol–water partition coefficient (Wildman–Crippen LogP) is 2.10. The van der Waals surface area contributed by atoms with Gasteiger partial charge in [-0.15, -0.1) is 4.91 Å². The lowest BCUT2D eigenvalue weighted by Crippen LogP contribution is -1.84. The van der Waals surface area contributed by atoms with E-state index in [0.717, 1.165) is 11.3 Å². The van der Waals surface area contributed by atoms with Crippen molar-refractivity contribution in [1.29, 1.82) is 0 Å². The molecule has 52 valence electrons. The molecule has 0 aliphatic heterocycles. The van der Waals surface area contributed by atoms with Gasteiger partial charge in [0, 0.05) is 11.9 Å². The Labute approximate surface area is 59.1 Å². The summed E-state index contributed by atoms with van der Waals surface area (Å²) in [6.45, 7) is 3.68. The van der Waals surface area contributed by atoms with Gasteiger partial charge in [-0.3, -0.25) is 4.98 Å². The van der Waals surface area contributed by atoms with Crippen LogP contribution in [0.5, 0.6) is 0 Å². The van der Waals surface area contributed by atoms with Crippen LogP contribution in [-0.2, 0) is 0 Å². The first kappa shape index (κ1) is 6.86. The zero-order valence-electron chi connectivity index (χ0n) is 5.96. The first-order chi connectivity index (χ1) is 4.75. The van der Waals surface area contributed by atoms with E-state index in [2.05, 4.69) is 10.2 Å². The molecule has 0 saturated heterocycles. The van der Waals surface area contributed by atoms with Crippen molar-refractivity contribution in [2.75, 3.05) is 0 Å². The van der Waals surface area contributed by atoms with Crippen molar-refractivity contribution < 1.29 is 0 Å². The van der Waals surface area contributed by atoms with Crippen LogP contribution in [-0.4, -0.2) is 4.98 Å². The zero-order valence-corrected chi connectivity index (χ0v) is 5.96. The highest BCUT2D eigenvalue weighted by Crippen LogP contribution is 2.17. The summed E-state index contributed by atoms with van der Waals surface area (Å²) in [6, 6.07) is 1.61. The van der Waals surface area contributed by atoms with Crippen LogP contribution in [0.1, 0.15) is 11.3 Å². The van der Waals surface area contributed by atoms with Crippen LogP contribution >= 0.6 is 0 Å². The molecule has 0 aliphatic rings. The number of pyridine rings is 1. The third-order valence-electron chi connectivity index (χ3n) is 1.53. The van der Waals surface area contributed by atoms with E-state index in [4.69, 9.17) is 0 Å². The number of aromatic nitrogens is 1. The summed E-state index contributed by atoms with van der Waals surface area (Å²) in [4.78, 5) is 14.1. The van der Waals surface area contributed by atoms with E-state index in [9.17, 15) is 4.91 Å². The molecule has 0 spiro atoms. The minimum atomic E-state index is 0.479. The Hall–Kier alpha value is -1.25. The van der Waals surface area contributed by atoms with E-state index in [1.54, 1.807) is 12.3 Å². The molecule has 1 aromatic rings. The fraction of sp³-hybridized carbons (Fsp3) is 0.286. The standard InChI is InChI=1S/C7H8N2O/c1-5-6(2)8-4-3-7(5)9-10/h3-4H,1-2H3. The predicted molar refractivity (Wildman–Crippen MR) is 39.2 cm³/mol. The Morgan fingerprint density at radius 2 is 2.20 bits per heavy atom. The van der Waals surface area contributed by atoms with Gasteiger partial charge in [0.15, 0.2) is 0 Å². The highest BCUT2D eigenvalue weighted by atomic mass is 16.3. The average Bonchev–Trinajstić information content (AvgIpc) is 1.95. The molecule has 0 unspecified atom stereocenters. The van der Waals surface area contributed by atoms with Crippen LogP contribution in [0, 0.1) is 18.8 Å². The van der Waals surface area contributed by atoms with E-state index in [0.29, 0.717) is 5.69 Å². The van der Waals surface area contributed by atoms with Crippen LogP contribution in [0.4, 0.5) is 5.69 Å². The van der Waals surface area contributed by atoms with Gasteiger partial charge in [0.1, 0.15) is 5.69 Å². The maximum Gasteiger partial charge on any atom is 0.114 e. The van der Waals surface area contributed by atoms with E-state index in [-0.39, 0.29) is 0 Å². The molecule has 0 N–H and O–H groups in total. The molecule has 0 aliphatic carbocycles. The Kier molecular flexibility index (Phi) is 1.76. The zero-order chi connectivity index (χ0) is 7.56. The molecule has 3 heteroatoms. The molecule has 0 fully saturated rings. The van der Waals surface area contributed by atoms with Gasteiger partial charge in [0.2, 0.25) is 0 Å². The summed E-state index contributed by atoms with van der Waals surface area (Å²) in [5, 5.41) is 2.84. The second kappa shape index (κ2) is 2.56. The Balaban J connectivity index is 3.27. The monoisotopic (exact) mass is 136 g/mol. The van der Waals surface area contributed by atoms with Crippen molar-refractivity contribution in [3.8, 4) is 0 Å². The molecule has 0 bridgehead atoms. The van der Waals surface area contributed by atoms with E-state index in [1.807, 2.05) is 13.8 Å². The molecule has 0 saturated carbocycles. The third-order valence-corrected chi connectivity index (χ3v) is 1.53. The Morgan fingerprint density at radius 1 is 1.50 bits per heavy atom. The Bertz CT molecular complexity index is 258. The fourth-order valence-electron chi connectivity index (χ4n) is 0.726. The van der Waals surface area contributed by atoms with Gasteiger partial charge in [-0.05, 0) is 30.7 Å². The second-order valence-corrected chi connectivity index (χ2v) is 2.13. The van der Waals surface area contributed by atoms with Crippen LogP contribution in [0.3, 0.4) is 0 Å². The lowest BCUT2D eigenvalue weighted by atomic mass is 10.2. The van der Waals surface area contributed by atoms with E-state index >= 15 is 0 Å². The SMILES string of the molecule is Cc1nccc(N=O)c1C. The lowest BCUT2D eigenvalue weighted by Gasteiger charge is -1.97. The van der Waals surface area contributed by atoms with Crippen molar-refractivity contribution in [2.45, 2.75) is 13.8 Å². The molecule has 0 atom stereocenters. The van der Waals surface area contributed by atoms with Gasteiger partial charge in [0.05, 0.1) is 0 Å². The highest BCUT2D eigenvalue weighted by Gasteiger charge is 1.99. The highest BCUT2D eigenvalue weighted by molar-refractivity contribution is 5.45. The lowest BCUT2D eigenvalue weighted by molar-refractivity contribution is 1.14. The first-order valence-electron chi connectivity index (χ1n) is 3.01. The van der Waals surface area contributed by atoms with Gasteiger partial charge in [-0.2, -0.15) is 0 Å². The molecule has 0 radical (unpaired) electrons. The number of hydrogen-bond acceptors (Lipinski definition) is 3. The molecular weight excluding hydrogens is 128 g/mol. The quantitative estimate of drug-likeness (QED) is 0.555. The molecule has 1 aromatic heterocycles. The number of aryl methyl sites for hydroxylation is 1. The van der Waals surface area contributed by atoms with Crippen LogP contribution in [0.25, 0.3) is 0 Å². The van der Waals surface area contributed by atoms with Crippen molar-refractivity contribution >= 4 is 5.69 Å². The number of nitroso groups, excluding NO2 is 1. The summed E-state index contributed by atoms with van der Waals surface area (Å²) in [7, 11) is 0. The summed E-state index contributed by atoms with van der Waals surface area (Å²) in [5.74, 6) is 0. The largest absolute Gasteiger partial charge is 0.261 e. The van der Waals surface area contributed by atoms with Crippen LogP contribution in [0.2, 0.25) is 0 Å². The topological polar surface area (TPSA) is 42.3 Å². The van der Waals surface area contributed by atoms with Gasteiger partial charge < -0.3 is 0 Å². The van der Waals surface area contributed by atoms with Crippen LogP contribution in [0.15, 0.2) is 17.4 Å². The number of nitrogens with zero attached hydrogens (tertiary/aromatic N) is 2. The molecule has 0 aromatic carbocycles. The third kappa shape index (κ3) is 1.03. The van der Waals surface area contributed by atoms with Crippen molar-refractivity contribution in [3.05, 3.63) is 28.4 Å². The number of hydrogen-bond donors (Lipinski definition) is 0. The number of rotatable bonds is 1. The summed E-state index contributed by atoms with van der Waals surface area (Å²) in [5.41, 5.74) is 2.20. The fourth-order valence-corrected chi connectivity index (χ4v) is 0.726. The van der Waals surface area contributed by atoms with Crippen molar-refractivity contribution in [3.63, 3.8) is 0 Å². The van der Waals surface area contributed by atoms with E-state index in [1.165, 1.54) is 0 Å². The summed E-state index contributed by atoms with van der Waals surface area (Å²) < 4.78 is 0. The van der Waals surface area contributed by atoms with Gasteiger partial charge in [-0.1, -0.05) is 0 Å². The molecule has 3 nitrogen and oxygen atoms in total. The van der Waals surface area contributed by atoms with Crippen molar-refractivity contribution in [2.24, 2.45) is 5.18 Å². The second-order valence-electron chi connectivity index (χ2n) is 2.13. The molecule has 1 heterocycles. The first-order valence-corrected chi connectivity index (χ1v) is 3.01. The molecule has 0 amide bonds. The van der Waals surface area contributed by atoms with Gasteiger partial charge >= 0.3 is 0 Å². The molecular formula is C7H8N2O.